The zero-order valence-electron chi connectivity index (χ0n) is 20.1. The summed E-state index contributed by atoms with van der Waals surface area (Å²) in [5, 5.41) is 16.1. The molecule has 0 bridgehead atoms. The Balaban J connectivity index is 1.83. The largest absolute Gasteiger partial charge is 0.326 e. The van der Waals surface area contributed by atoms with Gasteiger partial charge in [-0.2, -0.15) is 0 Å². The molecule has 0 aliphatic heterocycles. The second-order valence-electron chi connectivity index (χ2n) is 8.25. The highest BCUT2D eigenvalue weighted by molar-refractivity contribution is 7.07. The molecule has 0 aliphatic rings. The van der Waals surface area contributed by atoms with Crippen LogP contribution in [0.25, 0.3) is 17.0 Å². The number of para-hydroxylation sites is 1. The van der Waals surface area contributed by atoms with Gasteiger partial charge in [0, 0.05) is 41.3 Å². The van der Waals surface area contributed by atoms with Gasteiger partial charge in [0.2, 0.25) is 10.7 Å². The van der Waals surface area contributed by atoms with Crippen LogP contribution in [0.1, 0.15) is 23.6 Å². The topological polar surface area (TPSA) is 102 Å². The lowest BCUT2D eigenvalue weighted by atomic mass is 10.1. The van der Waals surface area contributed by atoms with Crippen LogP contribution in [0.2, 0.25) is 0 Å². The number of carbonyl (C=O) groups excluding carboxylic acids is 1. The number of nitrogens with one attached hydrogen (secondary N) is 2. The minimum Gasteiger partial charge on any atom is -0.326 e. The first kappa shape index (κ1) is 24.6. The zero-order valence-corrected chi connectivity index (χ0v) is 20.9. The van der Waals surface area contributed by atoms with E-state index in [2.05, 4.69) is 17.3 Å². The maximum absolute atomic E-state index is 11.5. The number of non-ortho nitro benzene ring substituents is 1. The van der Waals surface area contributed by atoms with E-state index in [1.807, 2.05) is 61.7 Å². The first-order chi connectivity index (χ1) is 17.2. The number of amides is 1. The van der Waals surface area contributed by atoms with Gasteiger partial charge in [0.1, 0.15) is 0 Å². The van der Waals surface area contributed by atoms with Crippen LogP contribution in [-0.4, -0.2) is 15.5 Å². The fourth-order valence-electron chi connectivity index (χ4n) is 3.74. The molecule has 0 atom stereocenters. The molecule has 8 nitrogen and oxygen atoms in total. The molecule has 0 radical (unpaired) electrons. The van der Waals surface area contributed by atoms with Crippen molar-refractivity contribution >= 4 is 40.0 Å². The van der Waals surface area contributed by atoms with Crippen molar-refractivity contribution in [2.24, 2.45) is 4.99 Å². The number of aromatic nitrogens is 1. The van der Waals surface area contributed by atoms with Crippen molar-refractivity contribution in [1.29, 1.82) is 0 Å². The summed E-state index contributed by atoms with van der Waals surface area (Å²) in [6, 6.07) is 19.8. The molecule has 0 unspecified atom stereocenters. The van der Waals surface area contributed by atoms with Crippen molar-refractivity contribution in [3.05, 3.63) is 110 Å². The van der Waals surface area contributed by atoms with Gasteiger partial charge in [0.05, 0.1) is 22.0 Å². The summed E-state index contributed by atoms with van der Waals surface area (Å²) in [5.74, 6) is -0.166. The molecule has 1 heterocycles. The van der Waals surface area contributed by atoms with E-state index in [0.29, 0.717) is 27.4 Å². The molecule has 4 rings (SSSR count). The SMILES string of the molecule is C=C(Nn1c(-c2cccc([N+](=O)[O-])c2)csc1=Nc1c(C)cccc1C)c1cccc(NC(C)=O)c1. The normalized spacial score (nSPS) is 11.2. The zero-order chi connectivity index (χ0) is 25.8. The number of nitro benzene ring substituents is 1. The number of rotatable bonds is 7. The molecule has 1 amide bonds. The number of nitro groups is 1. The molecule has 9 heteroatoms. The summed E-state index contributed by atoms with van der Waals surface area (Å²) in [7, 11) is 0. The Morgan fingerprint density at radius 2 is 1.75 bits per heavy atom. The summed E-state index contributed by atoms with van der Waals surface area (Å²) < 4.78 is 1.78. The smallest absolute Gasteiger partial charge is 0.270 e. The maximum atomic E-state index is 11.5. The van der Waals surface area contributed by atoms with Crippen molar-refractivity contribution in [3.8, 4) is 11.3 Å². The Bertz CT molecular complexity index is 1530. The highest BCUT2D eigenvalue weighted by Crippen LogP contribution is 2.27. The van der Waals surface area contributed by atoms with Gasteiger partial charge in [-0.05, 0) is 37.1 Å². The second kappa shape index (κ2) is 10.4. The van der Waals surface area contributed by atoms with E-state index in [9.17, 15) is 14.9 Å². The van der Waals surface area contributed by atoms with Crippen LogP contribution in [0.5, 0.6) is 0 Å². The van der Waals surface area contributed by atoms with Crippen LogP contribution in [0.15, 0.2) is 83.7 Å². The average Bonchev–Trinajstić information content (AvgIpc) is 3.23. The predicted octanol–water partition coefficient (Wildman–Crippen LogP) is 6.15. The molecular weight excluding hydrogens is 474 g/mol. The minimum atomic E-state index is -0.415. The summed E-state index contributed by atoms with van der Waals surface area (Å²) in [5.41, 5.74) is 9.60. The van der Waals surface area contributed by atoms with E-state index < -0.39 is 4.92 Å². The fraction of sp³-hybridized carbons (Fsp3) is 0.111. The van der Waals surface area contributed by atoms with Crippen LogP contribution >= 0.6 is 11.3 Å². The van der Waals surface area contributed by atoms with Gasteiger partial charge in [-0.1, -0.05) is 49.0 Å². The number of thiazole rings is 1. The number of nitrogens with zero attached hydrogens (tertiary/aromatic N) is 3. The third-order valence-corrected chi connectivity index (χ3v) is 6.31. The third-order valence-electron chi connectivity index (χ3n) is 5.49. The van der Waals surface area contributed by atoms with Crippen molar-refractivity contribution in [3.63, 3.8) is 0 Å². The first-order valence-electron chi connectivity index (χ1n) is 11.1. The number of hydrogen-bond donors (Lipinski definition) is 2. The monoisotopic (exact) mass is 499 g/mol. The fourth-order valence-corrected chi connectivity index (χ4v) is 4.59. The summed E-state index contributed by atoms with van der Waals surface area (Å²) in [6.07, 6.45) is 0. The quantitative estimate of drug-likeness (QED) is 0.235. The van der Waals surface area contributed by atoms with Crippen molar-refractivity contribution in [2.45, 2.75) is 20.8 Å². The summed E-state index contributed by atoms with van der Waals surface area (Å²) >= 11 is 1.41. The van der Waals surface area contributed by atoms with Gasteiger partial charge >= 0.3 is 0 Å². The minimum absolute atomic E-state index is 0.000298. The van der Waals surface area contributed by atoms with E-state index in [-0.39, 0.29) is 11.6 Å². The maximum Gasteiger partial charge on any atom is 0.270 e. The number of carbonyl (C=O) groups is 1. The van der Waals surface area contributed by atoms with Crippen LogP contribution in [0.3, 0.4) is 0 Å². The number of anilines is 1. The van der Waals surface area contributed by atoms with Crippen LogP contribution in [0, 0.1) is 24.0 Å². The van der Waals surface area contributed by atoms with Gasteiger partial charge in [0.25, 0.3) is 5.69 Å². The average molecular weight is 500 g/mol. The highest BCUT2D eigenvalue weighted by atomic mass is 32.1. The Labute approximate surface area is 212 Å². The van der Waals surface area contributed by atoms with Crippen LogP contribution in [-0.2, 0) is 4.79 Å². The van der Waals surface area contributed by atoms with Gasteiger partial charge in [-0.3, -0.25) is 20.3 Å². The molecule has 0 spiro atoms. The molecule has 2 N–H and O–H groups in total. The van der Waals surface area contributed by atoms with Crippen molar-refractivity contribution in [1.82, 2.24) is 4.68 Å². The lowest BCUT2D eigenvalue weighted by Crippen LogP contribution is -2.25. The van der Waals surface area contributed by atoms with Gasteiger partial charge in [0.15, 0.2) is 0 Å². The molecule has 0 saturated carbocycles. The number of hydrogen-bond acceptors (Lipinski definition) is 6. The van der Waals surface area contributed by atoms with E-state index >= 15 is 0 Å². The molecule has 0 aliphatic carbocycles. The third kappa shape index (κ3) is 5.42. The van der Waals surface area contributed by atoms with Crippen molar-refractivity contribution in [2.75, 3.05) is 10.7 Å². The first-order valence-corrected chi connectivity index (χ1v) is 12.0. The summed E-state index contributed by atoms with van der Waals surface area (Å²) in [6.45, 7) is 9.66. The van der Waals surface area contributed by atoms with Crippen molar-refractivity contribution < 1.29 is 9.72 Å². The highest BCUT2D eigenvalue weighted by Gasteiger charge is 2.14. The van der Waals surface area contributed by atoms with Gasteiger partial charge in [-0.25, -0.2) is 9.67 Å². The molecular formula is C27H25N5O3S. The molecule has 36 heavy (non-hydrogen) atoms. The molecule has 3 aromatic carbocycles. The predicted molar refractivity (Wildman–Crippen MR) is 145 cm³/mol. The Kier molecular flexibility index (Phi) is 7.12. The Hall–Kier alpha value is -4.50. The Morgan fingerprint density at radius 3 is 2.44 bits per heavy atom. The van der Waals surface area contributed by atoms with E-state index in [1.54, 1.807) is 16.8 Å². The van der Waals surface area contributed by atoms with E-state index in [4.69, 9.17) is 4.99 Å². The summed E-state index contributed by atoms with van der Waals surface area (Å²) in [4.78, 5) is 28.0. The molecule has 182 valence electrons. The number of aryl methyl sites for hydroxylation is 2. The van der Waals surface area contributed by atoms with Crippen LogP contribution < -0.4 is 15.5 Å². The Morgan fingerprint density at radius 1 is 1.06 bits per heavy atom. The molecule has 1 aromatic heterocycles. The molecule has 0 fully saturated rings. The van der Waals surface area contributed by atoms with Gasteiger partial charge in [-0.15, -0.1) is 11.3 Å². The van der Waals surface area contributed by atoms with E-state index in [0.717, 1.165) is 22.4 Å². The standard InChI is InChI=1S/C27H25N5O3S/c1-17-8-5-9-18(2)26(17)29-27-31(25(16-36-27)22-11-7-13-24(15-22)32(34)35)30-19(3)21-10-6-12-23(14-21)28-20(4)33/h5-16,30H,3H2,1-2,4H3,(H,28,33). The molecule has 0 saturated heterocycles. The van der Waals surface area contributed by atoms with Crippen LogP contribution in [0.4, 0.5) is 17.1 Å². The molecule has 4 aromatic rings. The number of benzene rings is 3. The second-order valence-corrected chi connectivity index (χ2v) is 9.09. The lowest BCUT2D eigenvalue weighted by molar-refractivity contribution is -0.384. The lowest BCUT2D eigenvalue weighted by Gasteiger charge is -2.15. The van der Waals surface area contributed by atoms with Gasteiger partial charge < -0.3 is 5.32 Å². The van der Waals surface area contributed by atoms with E-state index in [1.165, 1.54) is 30.4 Å².